The summed E-state index contributed by atoms with van der Waals surface area (Å²) >= 11 is 0. The van der Waals surface area contributed by atoms with Crippen molar-refractivity contribution in [3.8, 4) is 0 Å². The van der Waals surface area contributed by atoms with Gasteiger partial charge in [-0.25, -0.2) is 0 Å². The van der Waals surface area contributed by atoms with Gasteiger partial charge in [-0.15, -0.1) is 0 Å². The molecular weight excluding hydrogens is 188 g/mol. The topological polar surface area (TPSA) is 35.5 Å². The van der Waals surface area contributed by atoms with Crippen LogP contribution in [-0.4, -0.2) is 48.8 Å². The van der Waals surface area contributed by atoms with Crippen LogP contribution in [0.4, 0.5) is 0 Å². The van der Waals surface area contributed by atoms with E-state index in [0.717, 1.165) is 6.04 Å². The molecule has 1 aliphatic carbocycles. The molecule has 1 aliphatic heterocycles. The zero-order valence-electron chi connectivity index (χ0n) is 9.62. The monoisotopic (exact) mass is 212 g/mol. The highest BCUT2D eigenvalue weighted by Crippen LogP contribution is 2.19. The summed E-state index contributed by atoms with van der Waals surface area (Å²) in [4.78, 5) is 2.54. The summed E-state index contributed by atoms with van der Waals surface area (Å²) in [6.45, 7) is 5.18. The molecule has 3 heteroatoms. The molecule has 2 N–H and O–H groups in total. The fourth-order valence-corrected chi connectivity index (χ4v) is 2.29. The van der Waals surface area contributed by atoms with Crippen LogP contribution in [0, 0.1) is 5.92 Å². The minimum atomic E-state index is 0.386. The van der Waals surface area contributed by atoms with Gasteiger partial charge in [0, 0.05) is 12.6 Å². The van der Waals surface area contributed by atoms with E-state index in [4.69, 9.17) is 5.11 Å². The molecular formula is C12H24N2O. The van der Waals surface area contributed by atoms with Crippen molar-refractivity contribution < 1.29 is 5.11 Å². The molecule has 88 valence electrons. The smallest absolute Gasteiger partial charge is 0.0460 e. The summed E-state index contributed by atoms with van der Waals surface area (Å²) in [5, 5.41) is 12.6. The number of piperidine rings is 1. The molecule has 1 saturated carbocycles. The second-order valence-corrected chi connectivity index (χ2v) is 5.05. The number of aliphatic hydroxyl groups excluding tert-OH is 1. The maximum absolute atomic E-state index is 9.03. The van der Waals surface area contributed by atoms with Crippen LogP contribution in [0.15, 0.2) is 0 Å². The van der Waals surface area contributed by atoms with Gasteiger partial charge >= 0.3 is 0 Å². The lowest BCUT2D eigenvalue weighted by molar-refractivity contribution is 0.131. The van der Waals surface area contributed by atoms with E-state index >= 15 is 0 Å². The molecule has 0 unspecified atom stereocenters. The molecule has 0 amide bonds. The lowest BCUT2D eigenvalue weighted by atomic mass is 9.98. The Kier molecular flexibility index (Phi) is 4.42. The lowest BCUT2D eigenvalue weighted by Crippen LogP contribution is -2.36. The first-order valence-corrected chi connectivity index (χ1v) is 6.45. The Morgan fingerprint density at radius 3 is 2.47 bits per heavy atom. The molecule has 1 heterocycles. The van der Waals surface area contributed by atoms with Crippen molar-refractivity contribution in [2.24, 2.45) is 5.92 Å². The number of nitrogens with one attached hydrogen (secondary N) is 1. The van der Waals surface area contributed by atoms with E-state index in [9.17, 15) is 0 Å². The van der Waals surface area contributed by atoms with Crippen LogP contribution in [0.25, 0.3) is 0 Å². The van der Waals surface area contributed by atoms with Crippen LogP contribution < -0.4 is 5.32 Å². The third-order valence-corrected chi connectivity index (χ3v) is 3.63. The molecule has 0 bridgehead atoms. The molecule has 15 heavy (non-hydrogen) atoms. The molecule has 2 fully saturated rings. The Morgan fingerprint density at radius 2 is 1.87 bits per heavy atom. The summed E-state index contributed by atoms with van der Waals surface area (Å²) < 4.78 is 0. The molecule has 0 atom stereocenters. The molecule has 0 aromatic rings. The first-order chi connectivity index (χ1) is 7.38. The maximum atomic E-state index is 9.03. The standard InChI is InChI=1S/C12H24N2O/c15-10-11-4-8-14(9-5-11)7-1-6-13-12-2-3-12/h11-13,15H,1-10H2. The van der Waals surface area contributed by atoms with Crippen molar-refractivity contribution >= 4 is 0 Å². The summed E-state index contributed by atoms with van der Waals surface area (Å²) in [7, 11) is 0. The van der Waals surface area contributed by atoms with E-state index in [-0.39, 0.29) is 0 Å². The quantitative estimate of drug-likeness (QED) is 0.640. The lowest BCUT2D eigenvalue weighted by Gasteiger charge is -2.30. The second kappa shape index (κ2) is 5.83. The van der Waals surface area contributed by atoms with Crippen molar-refractivity contribution in [1.82, 2.24) is 10.2 Å². The Labute approximate surface area is 92.8 Å². The zero-order chi connectivity index (χ0) is 10.5. The van der Waals surface area contributed by atoms with Crippen molar-refractivity contribution in [3.63, 3.8) is 0 Å². The van der Waals surface area contributed by atoms with Gasteiger partial charge in [-0.05, 0) is 64.2 Å². The number of likely N-dealkylation sites (tertiary alicyclic amines) is 1. The van der Waals surface area contributed by atoms with Gasteiger partial charge in [0.2, 0.25) is 0 Å². The fourth-order valence-electron chi connectivity index (χ4n) is 2.29. The van der Waals surface area contributed by atoms with E-state index < -0.39 is 0 Å². The van der Waals surface area contributed by atoms with Crippen LogP contribution in [0.2, 0.25) is 0 Å². The van der Waals surface area contributed by atoms with Crippen LogP contribution in [0.5, 0.6) is 0 Å². The summed E-state index contributed by atoms with van der Waals surface area (Å²) in [6.07, 6.45) is 6.43. The van der Waals surface area contributed by atoms with E-state index in [0.29, 0.717) is 12.5 Å². The minimum Gasteiger partial charge on any atom is -0.396 e. The van der Waals surface area contributed by atoms with E-state index in [2.05, 4.69) is 10.2 Å². The van der Waals surface area contributed by atoms with Gasteiger partial charge in [0.15, 0.2) is 0 Å². The third-order valence-electron chi connectivity index (χ3n) is 3.63. The van der Waals surface area contributed by atoms with Crippen LogP contribution in [0.3, 0.4) is 0 Å². The van der Waals surface area contributed by atoms with Gasteiger partial charge in [0.05, 0.1) is 0 Å². The van der Waals surface area contributed by atoms with E-state index in [1.54, 1.807) is 0 Å². The molecule has 1 saturated heterocycles. The fraction of sp³-hybridized carbons (Fsp3) is 1.00. The van der Waals surface area contributed by atoms with Crippen molar-refractivity contribution in [3.05, 3.63) is 0 Å². The largest absolute Gasteiger partial charge is 0.396 e. The van der Waals surface area contributed by atoms with Crippen molar-refractivity contribution in [2.45, 2.75) is 38.1 Å². The second-order valence-electron chi connectivity index (χ2n) is 5.05. The van der Waals surface area contributed by atoms with Crippen molar-refractivity contribution in [1.29, 1.82) is 0 Å². The van der Waals surface area contributed by atoms with Crippen LogP contribution in [0.1, 0.15) is 32.1 Å². The SMILES string of the molecule is OCC1CCN(CCCNC2CC2)CC1. The molecule has 0 aromatic heterocycles. The van der Waals surface area contributed by atoms with E-state index in [1.165, 1.54) is 58.3 Å². The molecule has 2 aliphatic rings. The van der Waals surface area contributed by atoms with Gasteiger partial charge in [-0.1, -0.05) is 0 Å². The maximum Gasteiger partial charge on any atom is 0.0460 e. The van der Waals surface area contributed by atoms with Gasteiger partial charge in [-0.2, -0.15) is 0 Å². The Morgan fingerprint density at radius 1 is 1.13 bits per heavy atom. The summed E-state index contributed by atoms with van der Waals surface area (Å²) in [6, 6.07) is 0.852. The predicted octanol–water partition coefficient (Wildman–Crippen LogP) is 0.833. The number of hydrogen-bond acceptors (Lipinski definition) is 3. The average Bonchev–Trinajstić information content (AvgIpc) is 3.09. The molecule has 2 rings (SSSR count). The number of rotatable bonds is 6. The predicted molar refractivity (Wildman–Crippen MR) is 61.9 cm³/mol. The van der Waals surface area contributed by atoms with Crippen LogP contribution in [-0.2, 0) is 0 Å². The highest BCUT2D eigenvalue weighted by atomic mass is 16.3. The van der Waals surface area contributed by atoms with Crippen molar-refractivity contribution in [2.75, 3.05) is 32.8 Å². The van der Waals surface area contributed by atoms with Crippen LogP contribution >= 0.6 is 0 Å². The van der Waals surface area contributed by atoms with Gasteiger partial charge in [0.25, 0.3) is 0 Å². The molecule has 3 nitrogen and oxygen atoms in total. The zero-order valence-corrected chi connectivity index (χ0v) is 9.62. The molecule has 0 spiro atoms. The Bertz CT molecular complexity index is 174. The average molecular weight is 212 g/mol. The van der Waals surface area contributed by atoms with E-state index in [1.807, 2.05) is 0 Å². The Hall–Kier alpha value is -0.120. The molecule has 0 aromatic carbocycles. The first-order valence-electron chi connectivity index (χ1n) is 6.45. The van der Waals surface area contributed by atoms with Gasteiger partial charge < -0.3 is 15.3 Å². The van der Waals surface area contributed by atoms with Gasteiger partial charge in [-0.3, -0.25) is 0 Å². The minimum absolute atomic E-state index is 0.386. The Balaban J connectivity index is 1.48. The third kappa shape index (κ3) is 4.09. The number of nitrogens with zero attached hydrogens (tertiary/aromatic N) is 1. The molecule has 0 radical (unpaired) electrons. The highest BCUT2D eigenvalue weighted by Gasteiger charge is 2.20. The summed E-state index contributed by atoms with van der Waals surface area (Å²) in [5.41, 5.74) is 0. The number of hydrogen-bond donors (Lipinski definition) is 2. The van der Waals surface area contributed by atoms with Gasteiger partial charge in [0.1, 0.15) is 0 Å². The summed E-state index contributed by atoms with van der Waals surface area (Å²) in [5.74, 6) is 0.575. The first kappa shape index (κ1) is 11.4. The normalized spacial score (nSPS) is 24.6. The highest BCUT2D eigenvalue weighted by molar-refractivity contribution is 4.80. The number of aliphatic hydroxyl groups is 1.